The fourth-order valence-electron chi connectivity index (χ4n) is 3.61. The predicted octanol–water partition coefficient (Wildman–Crippen LogP) is 3.83. The van der Waals surface area contributed by atoms with E-state index < -0.39 is 0 Å². The van der Waals surface area contributed by atoms with Crippen molar-refractivity contribution in [2.45, 2.75) is 33.1 Å². The maximum absolute atomic E-state index is 12.8. The summed E-state index contributed by atoms with van der Waals surface area (Å²) in [4.78, 5) is 19.4. The van der Waals surface area contributed by atoms with E-state index in [1.807, 2.05) is 43.0 Å². The fraction of sp³-hybridized carbons (Fsp3) is 0.350. The van der Waals surface area contributed by atoms with Crippen molar-refractivity contribution >= 4 is 23.2 Å². The Bertz CT molecular complexity index is 972. The first-order valence-corrected chi connectivity index (χ1v) is 9.30. The SMILES string of the molecule is Cc1nc2c(C(=O)N3CCCC3)cnn2c(C)c1Cc1ccc(Cl)cc1. The van der Waals surface area contributed by atoms with Crippen LogP contribution in [0.4, 0.5) is 0 Å². The normalized spacial score (nSPS) is 14.3. The fourth-order valence-corrected chi connectivity index (χ4v) is 3.74. The van der Waals surface area contributed by atoms with Gasteiger partial charge in [0.1, 0.15) is 5.56 Å². The van der Waals surface area contributed by atoms with E-state index in [1.54, 1.807) is 10.7 Å². The molecule has 0 N–H and O–H groups in total. The molecule has 26 heavy (non-hydrogen) atoms. The minimum Gasteiger partial charge on any atom is -0.338 e. The van der Waals surface area contributed by atoms with Gasteiger partial charge in [0.05, 0.1) is 6.20 Å². The van der Waals surface area contributed by atoms with Crippen LogP contribution in [0.5, 0.6) is 0 Å². The number of fused-ring (bicyclic) bond motifs is 1. The van der Waals surface area contributed by atoms with E-state index >= 15 is 0 Å². The number of aromatic nitrogens is 3. The van der Waals surface area contributed by atoms with Crippen molar-refractivity contribution in [1.82, 2.24) is 19.5 Å². The molecule has 1 aliphatic rings. The number of benzene rings is 1. The second kappa shape index (κ2) is 6.72. The predicted molar refractivity (Wildman–Crippen MR) is 102 cm³/mol. The first-order valence-electron chi connectivity index (χ1n) is 8.92. The maximum atomic E-state index is 12.8. The van der Waals surface area contributed by atoms with Crippen LogP contribution >= 0.6 is 11.6 Å². The van der Waals surface area contributed by atoms with Gasteiger partial charge < -0.3 is 4.90 Å². The highest BCUT2D eigenvalue weighted by Crippen LogP contribution is 2.22. The third kappa shape index (κ3) is 2.97. The number of aryl methyl sites for hydroxylation is 2. The van der Waals surface area contributed by atoms with Crippen molar-refractivity contribution in [3.8, 4) is 0 Å². The molecular formula is C20H21ClN4O. The summed E-state index contributed by atoms with van der Waals surface area (Å²) in [5, 5.41) is 5.18. The Morgan fingerprint density at radius 3 is 2.54 bits per heavy atom. The van der Waals surface area contributed by atoms with Crippen molar-refractivity contribution in [3.63, 3.8) is 0 Å². The summed E-state index contributed by atoms with van der Waals surface area (Å²) in [6, 6.07) is 7.84. The second-order valence-electron chi connectivity index (χ2n) is 6.86. The number of hydrogen-bond acceptors (Lipinski definition) is 3. The number of likely N-dealkylation sites (tertiary alicyclic amines) is 1. The molecule has 2 aromatic heterocycles. The minimum absolute atomic E-state index is 0.0363. The van der Waals surface area contributed by atoms with Crippen LogP contribution < -0.4 is 0 Å². The molecule has 0 aliphatic carbocycles. The molecule has 0 saturated carbocycles. The molecule has 6 heteroatoms. The van der Waals surface area contributed by atoms with Gasteiger partial charge in [0, 0.05) is 35.9 Å². The number of amides is 1. The Kier molecular flexibility index (Phi) is 4.41. The molecule has 3 aromatic rings. The first kappa shape index (κ1) is 17.0. The van der Waals surface area contributed by atoms with Crippen molar-refractivity contribution in [1.29, 1.82) is 0 Å². The molecule has 1 amide bonds. The highest BCUT2D eigenvalue weighted by molar-refractivity contribution is 6.30. The largest absolute Gasteiger partial charge is 0.338 e. The number of nitrogens with zero attached hydrogens (tertiary/aromatic N) is 4. The van der Waals surface area contributed by atoms with Gasteiger partial charge in [0.2, 0.25) is 0 Å². The van der Waals surface area contributed by atoms with E-state index in [4.69, 9.17) is 16.6 Å². The zero-order chi connectivity index (χ0) is 18.3. The smallest absolute Gasteiger partial charge is 0.259 e. The topological polar surface area (TPSA) is 50.5 Å². The molecule has 4 rings (SSSR count). The number of halogens is 1. The van der Waals surface area contributed by atoms with E-state index in [-0.39, 0.29) is 5.91 Å². The number of hydrogen-bond donors (Lipinski definition) is 0. The lowest BCUT2D eigenvalue weighted by molar-refractivity contribution is 0.0794. The monoisotopic (exact) mass is 368 g/mol. The molecule has 3 heterocycles. The van der Waals surface area contributed by atoms with Crippen molar-refractivity contribution in [3.05, 3.63) is 63.6 Å². The third-order valence-electron chi connectivity index (χ3n) is 5.13. The molecule has 1 aliphatic heterocycles. The van der Waals surface area contributed by atoms with Crippen LogP contribution in [-0.4, -0.2) is 38.5 Å². The Hall–Kier alpha value is -2.40. The standard InChI is InChI=1S/C20H21ClN4O/c1-13-17(11-15-5-7-16(21)8-6-15)14(2)25-19(23-13)18(12-22-25)20(26)24-9-3-4-10-24/h5-8,12H,3-4,9-11H2,1-2H3. The van der Waals surface area contributed by atoms with Crippen LogP contribution in [0.3, 0.4) is 0 Å². The summed E-state index contributed by atoms with van der Waals surface area (Å²) in [6.45, 7) is 5.67. The lowest BCUT2D eigenvalue weighted by Crippen LogP contribution is -2.27. The zero-order valence-corrected chi connectivity index (χ0v) is 15.8. The van der Waals surface area contributed by atoms with E-state index in [1.165, 1.54) is 5.56 Å². The Morgan fingerprint density at radius 2 is 1.85 bits per heavy atom. The summed E-state index contributed by atoms with van der Waals surface area (Å²) in [7, 11) is 0. The number of rotatable bonds is 3. The van der Waals surface area contributed by atoms with Crippen LogP contribution in [-0.2, 0) is 6.42 Å². The molecule has 0 bridgehead atoms. The molecule has 0 unspecified atom stereocenters. The van der Waals surface area contributed by atoms with Gasteiger partial charge in [-0.15, -0.1) is 0 Å². The lowest BCUT2D eigenvalue weighted by atomic mass is 10.0. The maximum Gasteiger partial charge on any atom is 0.259 e. The van der Waals surface area contributed by atoms with Gasteiger partial charge in [-0.05, 0) is 49.9 Å². The Labute approximate surface area is 157 Å². The van der Waals surface area contributed by atoms with Gasteiger partial charge in [-0.1, -0.05) is 23.7 Å². The van der Waals surface area contributed by atoms with Crippen LogP contribution in [0.25, 0.3) is 5.65 Å². The second-order valence-corrected chi connectivity index (χ2v) is 7.29. The summed E-state index contributed by atoms with van der Waals surface area (Å²) < 4.78 is 1.79. The van der Waals surface area contributed by atoms with Crippen LogP contribution in [0, 0.1) is 13.8 Å². The molecule has 1 fully saturated rings. The molecule has 5 nitrogen and oxygen atoms in total. The third-order valence-corrected chi connectivity index (χ3v) is 5.38. The van der Waals surface area contributed by atoms with Gasteiger partial charge in [0.15, 0.2) is 5.65 Å². The molecule has 1 aromatic carbocycles. The number of carbonyl (C=O) groups excluding carboxylic acids is 1. The van der Waals surface area contributed by atoms with Crippen molar-refractivity contribution in [2.24, 2.45) is 0 Å². The molecule has 1 saturated heterocycles. The highest BCUT2D eigenvalue weighted by Gasteiger charge is 2.24. The van der Waals surface area contributed by atoms with E-state index in [9.17, 15) is 4.79 Å². The number of carbonyl (C=O) groups is 1. The average Bonchev–Trinajstić information content (AvgIpc) is 3.29. The zero-order valence-electron chi connectivity index (χ0n) is 15.0. The summed E-state index contributed by atoms with van der Waals surface area (Å²) >= 11 is 5.98. The quantitative estimate of drug-likeness (QED) is 0.706. The molecular weight excluding hydrogens is 348 g/mol. The van der Waals surface area contributed by atoms with Gasteiger partial charge >= 0.3 is 0 Å². The average molecular weight is 369 g/mol. The highest BCUT2D eigenvalue weighted by atomic mass is 35.5. The van der Waals surface area contributed by atoms with E-state index in [2.05, 4.69) is 5.10 Å². The summed E-state index contributed by atoms with van der Waals surface area (Å²) in [5.74, 6) is 0.0363. The summed E-state index contributed by atoms with van der Waals surface area (Å²) in [5.41, 5.74) is 5.49. The van der Waals surface area contributed by atoms with Gasteiger partial charge in [-0.3, -0.25) is 4.79 Å². The van der Waals surface area contributed by atoms with Gasteiger partial charge in [0.25, 0.3) is 5.91 Å². The van der Waals surface area contributed by atoms with Crippen molar-refractivity contribution in [2.75, 3.05) is 13.1 Å². The van der Waals surface area contributed by atoms with Crippen LogP contribution in [0.15, 0.2) is 30.5 Å². The Balaban J connectivity index is 1.73. The van der Waals surface area contributed by atoms with Crippen LogP contribution in [0.2, 0.25) is 5.02 Å². The lowest BCUT2D eigenvalue weighted by Gasteiger charge is -2.15. The molecule has 0 atom stereocenters. The molecule has 134 valence electrons. The molecule has 0 spiro atoms. The van der Waals surface area contributed by atoms with Gasteiger partial charge in [-0.25, -0.2) is 9.50 Å². The van der Waals surface area contributed by atoms with Gasteiger partial charge in [-0.2, -0.15) is 5.10 Å². The first-order chi connectivity index (χ1) is 12.5. The van der Waals surface area contributed by atoms with E-state index in [0.29, 0.717) is 11.2 Å². The van der Waals surface area contributed by atoms with Crippen LogP contribution in [0.1, 0.15) is 45.7 Å². The molecule has 0 radical (unpaired) electrons. The van der Waals surface area contributed by atoms with Crippen molar-refractivity contribution < 1.29 is 4.79 Å². The Morgan fingerprint density at radius 1 is 1.15 bits per heavy atom. The summed E-state index contributed by atoms with van der Waals surface area (Å²) in [6.07, 6.45) is 4.55. The van der Waals surface area contributed by atoms with E-state index in [0.717, 1.165) is 54.3 Å². The minimum atomic E-state index is 0.0363.